The average Bonchev–Trinajstić information content (AvgIpc) is 2.68. The fourth-order valence-electron chi connectivity index (χ4n) is 1.66. The van der Waals surface area contributed by atoms with Gasteiger partial charge in [-0.25, -0.2) is 4.98 Å². The molecule has 0 radical (unpaired) electrons. The quantitative estimate of drug-likeness (QED) is 0.807. The Labute approximate surface area is 99.5 Å². The molecule has 0 bridgehead atoms. The van der Waals surface area contributed by atoms with Gasteiger partial charge in [-0.05, 0) is 31.9 Å². The van der Waals surface area contributed by atoms with E-state index in [4.69, 9.17) is 16.6 Å². The molecule has 0 unspecified atom stereocenters. The molecule has 2 heterocycles. The Balaban J connectivity index is 2.64. The molecule has 3 nitrogen and oxygen atoms in total. The van der Waals surface area contributed by atoms with Crippen molar-refractivity contribution in [3.05, 3.63) is 33.8 Å². The predicted octanol–water partition coefficient (Wildman–Crippen LogP) is 3.58. The Bertz CT molecular complexity index is 569. The van der Waals surface area contributed by atoms with Gasteiger partial charge in [0.2, 0.25) is 0 Å². The van der Waals surface area contributed by atoms with Crippen LogP contribution in [0.25, 0.3) is 11.6 Å². The molecule has 0 amide bonds. The number of nitrogens with one attached hydrogen (secondary N) is 1. The summed E-state index contributed by atoms with van der Waals surface area (Å²) in [6.45, 7) is 6.07. The summed E-state index contributed by atoms with van der Waals surface area (Å²) in [7, 11) is 0. The molecule has 1 N–H and O–H groups in total. The van der Waals surface area contributed by atoms with Gasteiger partial charge in [0.1, 0.15) is 4.64 Å². The Morgan fingerprint density at radius 1 is 1.44 bits per heavy atom. The van der Waals surface area contributed by atoms with Gasteiger partial charge in [-0.2, -0.15) is 0 Å². The van der Waals surface area contributed by atoms with Gasteiger partial charge >= 0.3 is 0 Å². The lowest BCUT2D eigenvalue weighted by molar-refractivity contribution is 0.575. The van der Waals surface area contributed by atoms with E-state index in [1.54, 1.807) is 6.26 Å². The number of nitrogens with zero attached hydrogens (tertiary/aromatic N) is 1. The van der Waals surface area contributed by atoms with Crippen LogP contribution in [0, 0.1) is 18.5 Å². The maximum Gasteiger partial charge on any atom is 0.175 e. The molecule has 84 valence electrons. The van der Waals surface area contributed by atoms with E-state index >= 15 is 0 Å². The highest BCUT2D eigenvalue weighted by Crippen LogP contribution is 2.22. The summed E-state index contributed by atoms with van der Waals surface area (Å²) >= 11 is 5.24. The van der Waals surface area contributed by atoms with E-state index in [2.05, 4.69) is 16.9 Å². The molecule has 2 aromatic heterocycles. The van der Waals surface area contributed by atoms with Gasteiger partial charge in [0.15, 0.2) is 11.6 Å². The summed E-state index contributed by atoms with van der Waals surface area (Å²) in [5, 5.41) is 0. The number of rotatable bonds is 2. The lowest BCUT2D eigenvalue weighted by Crippen LogP contribution is -1.99. The van der Waals surface area contributed by atoms with E-state index in [-0.39, 0.29) is 0 Å². The first-order valence-corrected chi connectivity index (χ1v) is 5.68. The van der Waals surface area contributed by atoms with Gasteiger partial charge in [0.05, 0.1) is 6.26 Å². The molecule has 2 aromatic rings. The van der Waals surface area contributed by atoms with Crippen molar-refractivity contribution in [2.75, 3.05) is 0 Å². The van der Waals surface area contributed by atoms with Crippen LogP contribution >= 0.6 is 12.2 Å². The van der Waals surface area contributed by atoms with Crippen molar-refractivity contribution in [1.82, 2.24) is 9.97 Å². The first kappa shape index (κ1) is 11.1. The summed E-state index contributed by atoms with van der Waals surface area (Å²) in [6.07, 6.45) is 2.57. The summed E-state index contributed by atoms with van der Waals surface area (Å²) in [6, 6.07) is 1.92. The van der Waals surface area contributed by atoms with Gasteiger partial charge in [-0.1, -0.05) is 19.1 Å². The zero-order valence-electron chi connectivity index (χ0n) is 9.63. The largest absolute Gasteiger partial charge is 0.461 e. The molecule has 0 spiro atoms. The standard InChI is InChI=1S/C12H14N2OS/c1-4-9-8(3)12(16)14-11(13-9)10-7(2)5-6-15-10/h5-6H,4H2,1-3H3,(H,13,14,16). The molecular formula is C12H14N2OS. The van der Waals surface area contributed by atoms with Crippen molar-refractivity contribution in [2.24, 2.45) is 0 Å². The Kier molecular flexibility index (Phi) is 2.92. The van der Waals surface area contributed by atoms with E-state index in [0.717, 1.165) is 34.8 Å². The molecule has 0 aromatic carbocycles. The van der Waals surface area contributed by atoms with Gasteiger partial charge in [0, 0.05) is 11.3 Å². The van der Waals surface area contributed by atoms with Crippen LogP contribution in [-0.2, 0) is 6.42 Å². The van der Waals surface area contributed by atoms with Crippen molar-refractivity contribution in [3.63, 3.8) is 0 Å². The molecule has 4 heteroatoms. The fraction of sp³-hybridized carbons (Fsp3) is 0.333. The van der Waals surface area contributed by atoms with Crippen molar-refractivity contribution < 1.29 is 4.42 Å². The zero-order chi connectivity index (χ0) is 11.7. The molecule has 16 heavy (non-hydrogen) atoms. The minimum atomic E-state index is 0.640. The van der Waals surface area contributed by atoms with Crippen LogP contribution in [0.5, 0.6) is 0 Å². The third-order valence-electron chi connectivity index (χ3n) is 2.69. The SMILES string of the molecule is CCc1[nH]c(-c2occc2C)nc(=S)c1C. The second-order valence-corrected chi connectivity index (χ2v) is 4.17. The van der Waals surface area contributed by atoms with Gasteiger partial charge in [-0.3, -0.25) is 0 Å². The molecule has 0 fully saturated rings. The Morgan fingerprint density at radius 3 is 2.75 bits per heavy atom. The predicted molar refractivity (Wildman–Crippen MR) is 66.0 cm³/mol. The highest BCUT2D eigenvalue weighted by Gasteiger charge is 2.10. The number of H-pyrrole nitrogens is 1. The number of aromatic amines is 1. The highest BCUT2D eigenvalue weighted by molar-refractivity contribution is 7.71. The van der Waals surface area contributed by atoms with Crippen LogP contribution in [0.1, 0.15) is 23.7 Å². The summed E-state index contributed by atoms with van der Waals surface area (Å²) in [4.78, 5) is 7.63. The normalized spacial score (nSPS) is 10.7. The number of aromatic nitrogens is 2. The van der Waals surface area contributed by atoms with Gasteiger partial charge in [-0.15, -0.1) is 0 Å². The Hall–Kier alpha value is -1.42. The third kappa shape index (κ3) is 1.80. The number of furan rings is 1. The second kappa shape index (κ2) is 4.22. The molecule has 0 aliphatic rings. The van der Waals surface area contributed by atoms with E-state index in [1.807, 2.05) is 19.9 Å². The minimum absolute atomic E-state index is 0.640. The van der Waals surface area contributed by atoms with E-state index in [9.17, 15) is 0 Å². The van der Waals surface area contributed by atoms with Crippen LogP contribution in [0.2, 0.25) is 0 Å². The van der Waals surface area contributed by atoms with Gasteiger partial charge < -0.3 is 9.40 Å². The first-order valence-electron chi connectivity index (χ1n) is 5.27. The summed E-state index contributed by atoms with van der Waals surface area (Å²) in [5.41, 5.74) is 3.22. The van der Waals surface area contributed by atoms with Crippen LogP contribution < -0.4 is 0 Å². The lowest BCUT2D eigenvalue weighted by Gasteiger charge is -2.06. The van der Waals surface area contributed by atoms with Crippen LogP contribution in [0.15, 0.2) is 16.7 Å². The average molecular weight is 234 g/mol. The smallest absolute Gasteiger partial charge is 0.175 e. The number of hydrogen-bond acceptors (Lipinski definition) is 3. The maximum atomic E-state index is 5.40. The van der Waals surface area contributed by atoms with Crippen LogP contribution in [0.4, 0.5) is 0 Å². The molecule has 0 atom stereocenters. The number of hydrogen-bond donors (Lipinski definition) is 1. The van der Waals surface area contributed by atoms with Crippen molar-refractivity contribution in [1.29, 1.82) is 0 Å². The van der Waals surface area contributed by atoms with Crippen molar-refractivity contribution in [3.8, 4) is 11.6 Å². The molecule has 0 saturated heterocycles. The Morgan fingerprint density at radius 2 is 2.19 bits per heavy atom. The van der Waals surface area contributed by atoms with Crippen LogP contribution in [-0.4, -0.2) is 9.97 Å². The molecular weight excluding hydrogens is 220 g/mol. The van der Waals surface area contributed by atoms with Crippen molar-refractivity contribution >= 4 is 12.2 Å². The topological polar surface area (TPSA) is 41.8 Å². The maximum absolute atomic E-state index is 5.40. The summed E-state index contributed by atoms with van der Waals surface area (Å²) in [5.74, 6) is 1.48. The fourth-order valence-corrected chi connectivity index (χ4v) is 1.87. The second-order valence-electron chi connectivity index (χ2n) is 3.78. The first-order chi connectivity index (χ1) is 7.63. The lowest BCUT2D eigenvalue weighted by atomic mass is 10.2. The molecule has 0 saturated carbocycles. The molecule has 0 aliphatic heterocycles. The van der Waals surface area contributed by atoms with Crippen LogP contribution in [0.3, 0.4) is 0 Å². The monoisotopic (exact) mass is 234 g/mol. The third-order valence-corrected chi connectivity index (χ3v) is 3.08. The molecule has 0 aliphatic carbocycles. The zero-order valence-corrected chi connectivity index (χ0v) is 10.4. The molecule has 2 rings (SSSR count). The van der Waals surface area contributed by atoms with E-state index in [0.29, 0.717) is 4.64 Å². The van der Waals surface area contributed by atoms with Crippen molar-refractivity contribution in [2.45, 2.75) is 27.2 Å². The van der Waals surface area contributed by atoms with E-state index in [1.165, 1.54) is 0 Å². The minimum Gasteiger partial charge on any atom is -0.461 e. The van der Waals surface area contributed by atoms with E-state index < -0.39 is 0 Å². The van der Waals surface area contributed by atoms with Gasteiger partial charge in [0.25, 0.3) is 0 Å². The highest BCUT2D eigenvalue weighted by atomic mass is 32.1. The summed E-state index contributed by atoms with van der Waals surface area (Å²) < 4.78 is 6.04. The number of aryl methyl sites for hydroxylation is 2.